The Morgan fingerprint density at radius 3 is 2.44 bits per heavy atom. The van der Waals surface area contributed by atoms with Gasteiger partial charge in [0.2, 0.25) is 0 Å². The molecule has 0 radical (unpaired) electrons. The van der Waals surface area contributed by atoms with Crippen LogP contribution in [0.2, 0.25) is 0 Å². The first-order chi connectivity index (χ1) is 17.6. The second-order valence-corrected chi connectivity index (χ2v) is 10.3. The van der Waals surface area contributed by atoms with Crippen LogP contribution in [-0.4, -0.2) is 27.4 Å². The number of amides is 1. The van der Waals surface area contributed by atoms with Gasteiger partial charge in [-0.3, -0.25) is 9.48 Å². The zero-order valence-electron chi connectivity index (χ0n) is 20.8. The quantitative estimate of drug-likeness (QED) is 0.398. The van der Waals surface area contributed by atoms with Crippen LogP contribution < -0.4 is 5.32 Å². The van der Waals surface area contributed by atoms with Crippen LogP contribution in [0, 0.1) is 5.82 Å². The van der Waals surface area contributed by atoms with Crippen LogP contribution in [0.25, 0.3) is 0 Å². The lowest BCUT2D eigenvalue weighted by Crippen LogP contribution is -2.31. The van der Waals surface area contributed by atoms with E-state index < -0.39 is 6.04 Å². The number of benzene rings is 2. The maximum absolute atomic E-state index is 13.6. The fourth-order valence-corrected chi connectivity index (χ4v) is 6.03. The van der Waals surface area contributed by atoms with Crippen molar-refractivity contribution in [3.63, 3.8) is 0 Å². The molecule has 0 unspecified atom stereocenters. The molecule has 2 N–H and O–H groups in total. The minimum atomic E-state index is -0.477. The maximum Gasteiger partial charge on any atom is 0.272 e. The standard InChI is InChI=1S/C30H36FN3O2/c31-24-17-15-21(16-18-24)19-23-11-7-8-14-26-28(33-34(29(23)26)25-12-5-2-6-13-25)30(36)32-27(20-35)22-9-3-1-4-10-22/h1,3-4,9-10,15-18,23,25,27,35H,2,5-8,11-14,19-20H2,(H,32,36)/t23-,27+/m1/s1. The molecule has 6 heteroatoms. The largest absolute Gasteiger partial charge is 0.394 e. The summed E-state index contributed by atoms with van der Waals surface area (Å²) < 4.78 is 15.7. The molecule has 2 aliphatic rings. The second kappa shape index (κ2) is 11.4. The van der Waals surface area contributed by atoms with Gasteiger partial charge >= 0.3 is 0 Å². The number of fused-ring (bicyclic) bond motifs is 1. The van der Waals surface area contributed by atoms with Gasteiger partial charge in [-0.1, -0.05) is 68.1 Å². The Morgan fingerprint density at radius 2 is 1.72 bits per heavy atom. The van der Waals surface area contributed by atoms with Crippen LogP contribution in [-0.2, 0) is 12.8 Å². The molecule has 0 spiro atoms. The molecule has 2 aliphatic carbocycles. The smallest absolute Gasteiger partial charge is 0.272 e. The van der Waals surface area contributed by atoms with Crippen LogP contribution in [0.15, 0.2) is 54.6 Å². The molecule has 0 aliphatic heterocycles. The molecule has 3 aromatic rings. The number of rotatable bonds is 7. The average Bonchev–Trinajstić information content (AvgIpc) is 3.19. The third-order valence-corrected chi connectivity index (χ3v) is 7.89. The lowest BCUT2D eigenvalue weighted by molar-refractivity contribution is 0.0908. The number of aliphatic hydroxyl groups is 1. The van der Waals surface area contributed by atoms with Crippen molar-refractivity contribution in [1.82, 2.24) is 15.1 Å². The van der Waals surface area contributed by atoms with Gasteiger partial charge in [0.1, 0.15) is 5.82 Å². The highest BCUT2D eigenvalue weighted by Crippen LogP contribution is 2.39. The number of nitrogens with zero attached hydrogens (tertiary/aromatic N) is 2. The molecular weight excluding hydrogens is 453 g/mol. The predicted octanol–water partition coefficient (Wildman–Crippen LogP) is 6.04. The van der Waals surface area contributed by atoms with E-state index in [1.807, 2.05) is 42.5 Å². The van der Waals surface area contributed by atoms with Crippen LogP contribution >= 0.6 is 0 Å². The van der Waals surface area contributed by atoms with E-state index in [2.05, 4.69) is 10.00 Å². The minimum Gasteiger partial charge on any atom is -0.394 e. The third kappa shape index (κ3) is 5.39. The molecule has 36 heavy (non-hydrogen) atoms. The lowest BCUT2D eigenvalue weighted by atomic mass is 9.89. The van der Waals surface area contributed by atoms with E-state index in [1.165, 1.54) is 37.1 Å². The lowest BCUT2D eigenvalue weighted by Gasteiger charge is -2.27. The van der Waals surface area contributed by atoms with Crippen molar-refractivity contribution in [1.29, 1.82) is 0 Å². The SMILES string of the molecule is O=C(N[C@@H](CO)c1ccccc1)c1nn(C2CCCCC2)c2c1CCCC[C@@H]2Cc1ccc(F)cc1. The molecule has 190 valence electrons. The first-order valence-corrected chi connectivity index (χ1v) is 13.5. The summed E-state index contributed by atoms with van der Waals surface area (Å²) in [6, 6.07) is 16.2. The zero-order valence-corrected chi connectivity index (χ0v) is 20.8. The monoisotopic (exact) mass is 489 g/mol. The molecule has 1 heterocycles. The number of nitrogens with one attached hydrogen (secondary N) is 1. The first-order valence-electron chi connectivity index (χ1n) is 13.5. The molecule has 1 aromatic heterocycles. The molecule has 5 nitrogen and oxygen atoms in total. The highest BCUT2D eigenvalue weighted by molar-refractivity contribution is 5.94. The Morgan fingerprint density at radius 1 is 1.00 bits per heavy atom. The van der Waals surface area contributed by atoms with Gasteiger partial charge in [0.05, 0.1) is 18.7 Å². The fourth-order valence-electron chi connectivity index (χ4n) is 6.03. The van der Waals surface area contributed by atoms with Gasteiger partial charge in [0.25, 0.3) is 5.91 Å². The Labute approximate surface area is 212 Å². The van der Waals surface area contributed by atoms with Gasteiger partial charge in [-0.15, -0.1) is 0 Å². The second-order valence-electron chi connectivity index (χ2n) is 10.3. The van der Waals surface area contributed by atoms with E-state index >= 15 is 0 Å². The van der Waals surface area contributed by atoms with Crippen LogP contribution in [0.1, 0.15) is 102 Å². The summed E-state index contributed by atoms with van der Waals surface area (Å²) in [6.07, 6.45) is 10.6. The van der Waals surface area contributed by atoms with Crippen molar-refractivity contribution in [2.24, 2.45) is 0 Å². The zero-order chi connectivity index (χ0) is 24.9. The molecule has 5 rings (SSSR count). The number of carbonyl (C=O) groups excluding carboxylic acids is 1. The Hall–Kier alpha value is -2.99. The van der Waals surface area contributed by atoms with Crippen LogP contribution in [0.5, 0.6) is 0 Å². The number of hydrogen-bond donors (Lipinski definition) is 2. The van der Waals surface area contributed by atoms with E-state index in [0.29, 0.717) is 11.7 Å². The Bertz CT molecular complexity index is 1150. The number of hydrogen-bond acceptors (Lipinski definition) is 3. The predicted molar refractivity (Wildman–Crippen MR) is 138 cm³/mol. The van der Waals surface area contributed by atoms with Gasteiger partial charge in [-0.25, -0.2) is 4.39 Å². The molecule has 2 atom stereocenters. The van der Waals surface area contributed by atoms with Crippen LogP contribution in [0.3, 0.4) is 0 Å². The number of halogens is 1. The van der Waals surface area contributed by atoms with Gasteiger partial charge in [-0.2, -0.15) is 5.10 Å². The average molecular weight is 490 g/mol. The molecule has 1 amide bonds. The highest BCUT2D eigenvalue weighted by atomic mass is 19.1. The number of aromatic nitrogens is 2. The highest BCUT2D eigenvalue weighted by Gasteiger charge is 2.33. The molecule has 0 saturated heterocycles. The maximum atomic E-state index is 13.6. The Balaban J connectivity index is 1.51. The van der Waals surface area contributed by atoms with E-state index in [1.54, 1.807) is 0 Å². The van der Waals surface area contributed by atoms with Crippen molar-refractivity contribution < 1.29 is 14.3 Å². The summed E-state index contributed by atoms with van der Waals surface area (Å²) in [5, 5.41) is 18.1. The van der Waals surface area contributed by atoms with Crippen molar-refractivity contribution >= 4 is 5.91 Å². The van der Waals surface area contributed by atoms with Crippen molar-refractivity contribution in [2.75, 3.05) is 6.61 Å². The van der Waals surface area contributed by atoms with Gasteiger partial charge in [0.15, 0.2) is 5.69 Å². The summed E-state index contributed by atoms with van der Waals surface area (Å²) >= 11 is 0. The van der Waals surface area contributed by atoms with E-state index in [9.17, 15) is 14.3 Å². The van der Waals surface area contributed by atoms with Crippen LogP contribution in [0.4, 0.5) is 4.39 Å². The van der Waals surface area contributed by atoms with Gasteiger partial charge < -0.3 is 10.4 Å². The minimum absolute atomic E-state index is 0.172. The summed E-state index contributed by atoms with van der Waals surface area (Å²) in [4.78, 5) is 13.6. The number of aliphatic hydroxyl groups excluding tert-OH is 1. The van der Waals surface area contributed by atoms with E-state index in [-0.39, 0.29) is 24.2 Å². The van der Waals surface area contributed by atoms with Crippen molar-refractivity contribution in [3.05, 3.63) is 88.5 Å². The summed E-state index contributed by atoms with van der Waals surface area (Å²) in [7, 11) is 0. The summed E-state index contributed by atoms with van der Waals surface area (Å²) in [5.74, 6) is -0.193. The molecule has 2 aromatic carbocycles. The Kier molecular flexibility index (Phi) is 7.81. The first kappa shape index (κ1) is 24.7. The number of carbonyl (C=O) groups is 1. The van der Waals surface area contributed by atoms with Gasteiger partial charge in [0, 0.05) is 17.2 Å². The topological polar surface area (TPSA) is 67.2 Å². The summed E-state index contributed by atoms with van der Waals surface area (Å²) in [6.45, 7) is -0.172. The molecular formula is C30H36FN3O2. The third-order valence-electron chi connectivity index (χ3n) is 7.89. The molecule has 0 bridgehead atoms. The molecule has 1 saturated carbocycles. The molecule has 1 fully saturated rings. The van der Waals surface area contributed by atoms with Crippen molar-refractivity contribution in [2.45, 2.75) is 82.2 Å². The fraction of sp³-hybridized carbons (Fsp3) is 0.467. The summed E-state index contributed by atoms with van der Waals surface area (Å²) in [5.41, 5.74) is 4.76. The normalized spacial score (nSPS) is 19.3. The van der Waals surface area contributed by atoms with E-state index in [0.717, 1.165) is 61.6 Å². The van der Waals surface area contributed by atoms with E-state index in [4.69, 9.17) is 5.10 Å². The van der Waals surface area contributed by atoms with Crippen molar-refractivity contribution in [3.8, 4) is 0 Å². The van der Waals surface area contributed by atoms with Gasteiger partial charge in [-0.05, 0) is 61.8 Å².